The lowest BCUT2D eigenvalue weighted by Crippen LogP contribution is -2.14. The zero-order valence-corrected chi connectivity index (χ0v) is 8.49. The second-order valence-electron chi connectivity index (χ2n) is 2.50. The molecular formula is C6H4ClF3N2O2S. The van der Waals surface area contributed by atoms with Crippen LogP contribution in [0.1, 0.15) is 12.0 Å². The molecule has 9 heteroatoms. The van der Waals surface area contributed by atoms with Crippen molar-refractivity contribution in [3.05, 3.63) is 22.7 Å². The van der Waals surface area contributed by atoms with Crippen molar-refractivity contribution in [1.29, 1.82) is 0 Å². The maximum Gasteiger partial charge on any atom is 0.268 e. The Morgan fingerprint density at radius 3 is 2.40 bits per heavy atom. The predicted octanol–water partition coefficient (Wildman–Crippen LogP) is 1.46. The number of sulfonamides is 1. The number of aromatic nitrogens is 1. The molecule has 0 aliphatic rings. The molecule has 1 rings (SSSR count). The summed E-state index contributed by atoms with van der Waals surface area (Å²) < 4.78 is 58.7. The minimum Gasteiger partial charge on any atom is -0.225 e. The number of nitrogens with two attached hydrogens (primary N) is 1. The van der Waals surface area contributed by atoms with E-state index in [1.165, 1.54) is 0 Å². The Balaban J connectivity index is 3.50. The maximum absolute atomic E-state index is 12.8. The van der Waals surface area contributed by atoms with Crippen molar-refractivity contribution in [3.63, 3.8) is 0 Å². The minimum atomic E-state index is -4.30. The lowest BCUT2D eigenvalue weighted by atomic mass is 10.3. The summed E-state index contributed by atoms with van der Waals surface area (Å²) >= 11 is 5.24. The van der Waals surface area contributed by atoms with Gasteiger partial charge >= 0.3 is 0 Å². The van der Waals surface area contributed by atoms with Gasteiger partial charge < -0.3 is 0 Å². The van der Waals surface area contributed by atoms with E-state index in [0.29, 0.717) is 6.07 Å². The van der Waals surface area contributed by atoms with Crippen LogP contribution in [-0.2, 0) is 10.0 Å². The summed E-state index contributed by atoms with van der Waals surface area (Å²) in [6.45, 7) is 0. The van der Waals surface area contributed by atoms with E-state index in [4.69, 9.17) is 11.6 Å². The molecule has 0 fully saturated rings. The molecule has 4 nitrogen and oxygen atoms in total. The highest BCUT2D eigenvalue weighted by Gasteiger charge is 2.22. The molecule has 0 unspecified atom stereocenters. The van der Waals surface area contributed by atoms with E-state index in [1.54, 1.807) is 0 Å². The third-order valence-electron chi connectivity index (χ3n) is 1.47. The summed E-state index contributed by atoms with van der Waals surface area (Å²) in [4.78, 5) is 1.99. The molecule has 0 spiro atoms. The van der Waals surface area contributed by atoms with Crippen LogP contribution in [0.15, 0.2) is 11.0 Å². The second kappa shape index (κ2) is 3.95. The van der Waals surface area contributed by atoms with Gasteiger partial charge in [0.25, 0.3) is 6.43 Å². The Hall–Kier alpha value is -0.860. The van der Waals surface area contributed by atoms with E-state index < -0.39 is 38.0 Å². The van der Waals surface area contributed by atoms with Crippen molar-refractivity contribution in [3.8, 4) is 0 Å². The van der Waals surface area contributed by atoms with Crippen LogP contribution in [0.25, 0.3) is 0 Å². The predicted molar refractivity (Wildman–Crippen MR) is 45.5 cm³/mol. The average Bonchev–Trinajstić information content (AvgIpc) is 2.00. The summed E-state index contributed by atoms with van der Waals surface area (Å²) in [5.41, 5.74) is -1.16. The molecule has 0 amide bonds. The number of hydrogen-bond donors (Lipinski definition) is 1. The lowest BCUT2D eigenvalue weighted by Gasteiger charge is -2.05. The number of halogens is 4. The van der Waals surface area contributed by atoms with E-state index in [0.717, 1.165) is 0 Å². The fourth-order valence-electron chi connectivity index (χ4n) is 0.819. The molecule has 0 aliphatic carbocycles. The molecule has 0 atom stereocenters. The molecule has 84 valence electrons. The maximum atomic E-state index is 12.8. The number of nitrogens with zero attached hydrogens (tertiary/aromatic N) is 1. The molecule has 1 heterocycles. The Labute approximate surface area is 87.9 Å². The third kappa shape index (κ3) is 2.58. The first kappa shape index (κ1) is 12.2. The van der Waals surface area contributed by atoms with Crippen LogP contribution in [-0.4, -0.2) is 13.4 Å². The zero-order chi connectivity index (χ0) is 11.8. The SMILES string of the molecule is NS(=O)(=O)c1cc(C(F)F)c(F)nc1Cl. The molecule has 0 radical (unpaired) electrons. The summed E-state index contributed by atoms with van der Waals surface area (Å²) in [5.74, 6) is -1.53. The average molecular weight is 261 g/mol. The fraction of sp³-hybridized carbons (Fsp3) is 0.167. The smallest absolute Gasteiger partial charge is 0.225 e. The Kier molecular flexibility index (Phi) is 3.22. The number of primary sulfonamides is 1. The van der Waals surface area contributed by atoms with Crippen LogP contribution >= 0.6 is 11.6 Å². The van der Waals surface area contributed by atoms with Gasteiger partial charge in [0.1, 0.15) is 4.90 Å². The molecule has 15 heavy (non-hydrogen) atoms. The number of alkyl halides is 2. The van der Waals surface area contributed by atoms with Crippen LogP contribution in [0.5, 0.6) is 0 Å². The van der Waals surface area contributed by atoms with Crippen LogP contribution in [0.3, 0.4) is 0 Å². The van der Waals surface area contributed by atoms with E-state index in [2.05, 4.69) is 10.1 Å². The van der Waals surface area contributed by atoms with Crippen LogP contribution in [0, 0.1) is 5.95 Å². The molecule has 1 aromatic heterocycles. The largest absolute Gasteiger partial charge is 0.268 e. The van der Waals surface area contributed by atoms with E-state index in [-0.39, 0.29) is 0 Å². The van der Waals surface area contributed by atoms with Gasteiger partial charge in [0.2, 0.25) is 16.0 Å². The van der Waals surface area contributed by atoms with Crippen LogP contribution in [0.4, 0.5) is 13.2 Å². The first-order chi connectivity index (χ1) is 6.73. The zero-order valence-electron chi connectivity index (χ0n) is 6.92. The quantitative estimate of drug-likeness (QED) is 0.818. The summed E-state index contributed by atoms with van der Waals surface area (Å²) in [7, 11) is -4.30. The third-order valence-corrected chi connectivity index (χ3v) is 2.79. The Morgan fingerprint density at radius 2 is 2.00 bits per heavy atom. The van der Waals surface area contributed by atoms with Gasteiger partial charge in [-0.15, -0.1) is 0 Å². The van der Waals surface area contributed by atoms with Gasteiger partial charge in [0.05, 0.1) is 5.56 Å². The van der Waals surface area contributed by atoms with Crippen molar-refractivity contribution in [2.75, 3.05) is 0 Å². The van der Waals surface area contributed by atoms with E-state index in [9.17, 15) is 21.6 Å². The van der Waals surface area contributed by atoms with Gasteiger partial charge in [0.15, 0.2) is 5.15 Å². The molecule has 0 aromatic carbocycles. The first-order valence-corrected chi connectivity index (χ1v) is 5.33. The molecule has 0 saturated carbocycles. The molecule has 1 aromatic rings. The Morgan fingerprint density at radius 1 is 1.47 bits per heavy atom. The first-order valence-electron chi connectivity index (χ1n) is 3.40. The van der Waals surface area contributed by atoms with Gasteiger partial charge in [-0.2, -0.15) is 4.39 Å². The molecule has 0 aliphatic heterocycles. The van der Waals surface area contributed by atoms with Crippen molar-refractivity contribution in [1.82, 2.24) is 4.98 Å². The van der Waals surface area contributed by atoms with Crippen molar-refractivity contribution < 1.29 is 21.6 Å². The van der Waals surface area contributed by atoms with Gasteiger partial charge in [-0.25, -0.2) is 27.3 Å². The van der Waals surface area contributed by atoms with E-state index in [1.807, 2.05) is 0 Å². The Bertz CT molecular complexity index is 491. The highest BCUT2D eigenvalue weighted by atomic mass is 35.5. The van der Waals surface area contributed by atoms with Gasteiger partial charge in [0, 0.05) is 0 Å². The number of hydrogen-bond acceptors (Lipinski definition) is 3. The second-order valence-corrected chi connectivity index (χ2v) is 4.39. The number of rotatable bonds is 2. The normalized spacial score (nSPS) is 12.1. The summed E-state index contributed by atoms with van der Waals surface area (Å²) in [6, 6.07) is 0.366. The molecule has 2 N–H and O–H groups in total. The highest BCUT2D eigenvalue weighted by Crippen LogP contribution is 2.27. The topological polar surface area (TPSA) is 73.1 Å². The van der Waals surface area contributed by atoms with Gasteiger partial charge in [-0.1, -0.05) is 11.6 Å². The van der Waals surface area contributed by atoms with Crippen molar-refractivity contribution >= 4 is 21.6 Å². The lowest BCUT2D eigenvalue weighted by molar-refractivity contribution is 0.144. The number of pyridine rings is 1. The summed E-state index contributed by atoms with van der Waals surface area (Å²) in [6.07, 6.45) is -3.20. The van der Waals surface area contributed by atoms with Crippen molar-refractivity contribution in [2.45, 2.75) is 11.3 Å². The van der Waals surface area contributed by atoms with Crippen LogP contribution < -0.4 is 5.14 Å². The molecule has 0 bridgehead atoms. The summed E-state index contributed by atoms with van der Waals surface area (Å²) in [5, 5.41) is 3.88. The van der Waals surface area contributed by atoms with Crippen molar-refractivity contribution in [2.24, 2.45) is 5.14 Å². The van der Waals surface area contributed by atoms with Crippen LogP contribution in [0.2, 0.25) is 5.15 Å². The van der Waals surface area contributed by atoms with Gasteiger partial charge in [-0.3, -0.25) is 0 Å². The van der Waals surface area contributed by atoms with Gasteiger partial charge in [-0.05, 0) is 6.07 Å². The van der Waals surface area contributed by atoms with E-state index >= 15 is 0 Å². The monoisotopic (exact) mass is 260 g/mol. The fourth-order valence-corrected chi connectivity index (χ4v) is 1.84. The molecular weight excluding hydrogens is 257 g/mol. The minimum absolute atomic E-state index is 0.366. The molecule has 0 saturated heterocycles. The highest BCUT2D eigenvalue weighted by molar-refractivity contribution is 7.89. The standard InChI is InChI=1S/C6H4ClF3N2O2S/c7-4-3(15(11,13)14)1-2(5(8)9)6(10)12-4/h1,5H,(H2,11,13,14).